The first-order valence-corrected chi connectivity index (χ1v) is 5.42. The summed E-state index contributed by atoms with van der Waals surface area (Å²) in [6.45, 7) is 0. The lowest BCUT2D eigenvalue weighted by Gasteiger charge is -2.15. The van der Waals surface area contributed by atoms with Gasteiger partial charge in [-0.3, -0.25) is 4.68 Å². The van der Waals surface area contributed by atoms with Crippen LogP contribution in [-0.2, 0) is 16.0 Å². The molecular formula is C14H18N2O2. The maximum Gasteiger partial charge on any atom is 0.331 e. The summed E-state index contributed by atoms with van der Waals surface area (Å²) in [6, 6.07) is 11.2. The largest absolute Gasteiger partial charge is 0.467 e. The Morgan fingerprint density at radius 2 is 2.06 bits per heavy atom. The van der Waals surface area contributed by atoms with Crippen LogP contribution in [0.25, 0.3) is 0 Å². The van der Waals surface area contributed by atoms with Gasteiger partial charge in [-0.1, -0.05) is 37.8 Å². The monoisotopic (exact) mass is 246 g/mol. The van der Waals surface area contributed by atoms with Crippen molar-refractivity contribution in [3.05, 3.63) is 54.4 Å². The van der Waals surface area contributed by atoms with E-state index in [0.29, 0.717) is 6.42 Å². The van der Waals surface area contributed by atoms with E-state index in [0.717, 1.165) is 5.56 Å². The third kappa shape index (κ3) is 3.20. The molecule has 0 N–H and O–H groups in total. The van der Waals surface area contributed by atoms with E-state index in [-0.39, 0.29) is 13.4 Å². The second-order valence-corrected chi connectivity index (χ2v) is 3.71. The molecule has 0 amide bonds. The number of ether oxygens (including phenoxy) is 1. The fourth-order valence-corrected chi connectivity index (χ4v) is 1.72. The molecule has 0 radical (unpaired) electrons. The average molecular weight is 246 g/mol. The number of carbonyl (C=O) groups is 1. The van der Waals surface area contributed by atoms with Crippen LogP contribution < -0.4 is 0 Å². The molecule has 4 nitrogen and oxygen atoms in total. The fourth-order valence-electron chi connectivity index (χ4n) is 1.72. The van der Waals surface area contributed by atoms with Crippen molar-refractivity contribution in [2.45, 2.75) is 19.9 Å². The zero-order valence-electron chi connectivity index (χ0n) is 9.61. The summed E-state index contributed by atoms with van der Waals surface area (Å²) in [7, 11) is 1.39. The predicted octanol–water partition coefficient (Wildman–Crippen LogP) is 2.48. The maximum atomic E-state index is 11.7. The third-order valence-corrected chi connectivity index (χ3v) is 2.59. The number of benzene rings is 1. The molecule has 0 saturated heterocycles. The molecule has 0 aliphatic heterocycles. The first-order chi connectivity index (χ1) is 8.31. The molecule has 0 aliphatic carbocycles. The molecule has 18 heavy (non-hydrogen) atoms. The van der Waals surface area contributed by atoms with E-state index in [1.165, 1.54) is 7.11 Å². The first-order valence-electron chi connectivity index (χ1n) is 5.42. The number of esters is 1. The Bertz CT molecular complexity index is 466. The minimum Gasteiger partial charge on any atom is -0.467 e. The number of hydrogen-bond acceptors (Lipinski definition) is 3. The number of rotatable bonds is 4. The van der Waals surface area contributed by atoms with Crippen molar-refractivity contribution in [3.8, 4) is 0 Å². The molecule has 2 aromatic rings. The summed E-state index contributed by atoms with van der Waals surface area (Å²) in [4.78, 5) is 11.7. The van der Waals surface area contributed by atoms with E-state index in [1.807, 2.05) is 30.3 Å². The summed E-state index contributed by atoms with van der Waals surface area (Å²) in [5.74, 6) is -0.280. The summed E-state index contributed by atoms with van der Waals surface area (Å²) < 4.78 is 6.43. The van der Waals surface area contributed by atoms with Gasteiger partial charge in [-0.2, -0.15) is 5.10 Å². The highest BCUT2D eigenvalue weighted by Crippen LogP contribution is 2.14. The van der Waals surface area contributed by atoms with Crippen LogP contribution in [-0.4, -0.2) is 22.9 Å². The molecular weight excluding hydrogens is 228 g/mol. The molecule has 1 unspecified atom stereocenters. The molecule has 1 aromatic carbocycles. The Balaban J connectivity index is 0.00000162. The van der Waals surface area contributed by atoms with E-state index in [9.17, 15) is 4.79 Å². The van der Waals surface area contributed by atoms with E-state index < -0.39 is 6.04 Å². The van der Waals surface area contributed by atoms with Crippen molar-refractivity contribution in [2.24, 2.45) is 0 Å². The van der Waals surface area contributed by atoms with Crippen molar-refractivity contribution in [2.75, 3.05) is 7.11 Å². The van der Waals surface area contributed by atoms with Gasteiger partial charge < -0.3 is 4.74 Å². The molecule has 1 heterocycles. The van der Waals surface area contributed by atoms with Gasteiger partial charge in [0.05, 0.1) is 7.11 Å². The molecule has 1 atom stereocenters. The SMILES string of the molecule is C.COC(=O)C(Cc1ccccc1)n1cccn1. The summed E-state index contributed by atoms with van der Waals surface area (Å²) in [6.07, 6.45) is 4.00. The van der Waals surface area contributed by atoms with Crippen LogP contribution in [0.5, 0.6) is 0 Å². The molecule has 2 rings (SSSR count). The van der Waals surface area contributed by atoms with Crippen LogP contribution in [0.2, 0.25) is 0 Å². The van der Waals surface area contributed by atoms with Gasteiger partial charge in [-0.25, -0.2) is 4.79 Å². The molecule has 4 heteroatoms. The van der Waals surface area contributed by atoms with Crippen molar-refractivity contribution in [3.63, 3.8) is 0 Å². The smallest absolute Gasteiger partial charge is 0.331 e. The third-order valence-electron chi connectivity index (χ3n) is 2.59. The molecule has 0 fully saturated rings. The van der Waals surface area contributed by atoms with Crippen LogP contribution in [0.1, 0.15) is 19.0 Å². The van der Waals surface area contributed by atoms with E-state index in [1.54, 1.807) is 23.1 Å². The Morgan fingerprint density at radius 3 is 2.61 bits per heavy atom. The summed E-state index contributed by atoms with van der Waals surface area (Å²) in [5, 5.41) is 4.10. The quantitative estimate of drug-likeness (QED) is 0.778. The fraction of sp³-hybridized carbons (Fsp3) is 0.286. The van der Waals surface area contributed by atoms with Crippen molar-refractivity contribution < 1.29 is 9.53 Å². The summed E-state index contributed by atoms with van der Waals surface area (Å²) >= 11 is 0. The van der Waals surface area contributed by atoms with Gasteiger partial charge >= 0.3 is 5.97 Å². The standard InChI is InChI=1S/C13H14N2O2.CH4/c1-17-13(16)12(15-9-5-8-14-15)10-11-6-3-2-4-7-11;/h2-9,12H,10H2,1H3;1H4. The zero-order valence-corrected chi connectivity index (χ0v) is 9.61. The lowest BCUT2D eigenvalue weighted by atomic mass is 10.1. The molecule has 1 aromatic heterocycles. The molecule has 0 saturated carbocycles. The highest BCUT2D eigenvalue weighted by Gasteiger charge is 2.21. The predicted molar refractivity (Wildman–Crippen MR) is 70.2 cm³/mol. The van der Waals surface area contributed by atoms with Crippen LogP contribution in [0.3, 0.4) is 0 Å². The molecule has 0 spiro atoms. The van der Waals surface area contributed by atoms with Gasteiger partial charge in [0.25, 0.3) is 0 Å². The normalized spacial score (nSPS) is 11.4. The Morgan fingerprint density at radius 1 is 1.33 bits per heavy atom. The number of hydrogen-bond donors (Lipinski definition) is 0. The Labute approximate surface area is 107 Å². The lowest BCUT2D eigenvalue weighted by molar-refractivity contribution is -0.144. The summed E-state index contributed by atoms with van der Waals surface area (Å²) in [5.41, 5.74) is 1.08. The highest BCUT2D eigenvalue weighted by atomic mass is 16.5. The second-order valence-electron chi connectivity index (χ2n) is 3.71. The zero-order chi connectivity index (χ0) is 12.1. The molecule has 0 bridgehead atoms. The minimum atomic E-state index is -0.405. The van der Waals surface area contributed by atoms with Crippen molar-refractivity contribution in [1.29, 1.82) is 0 Å². The van der Waals surface area contributed by atoms with Crippen LogP contribution in [0, 0.1) is 0 Å². The van der Waals surface area contributed by atoms with Crippen LogP contribution >= 0.6 is 0 Å². The Kier molecular flexibility index (Phi) is 5.11. The van der Waals surface area contributed by atoms with E-state index >= 15 is 0 Å². The second kappa shape index (κ2) is 6.59. The van der Waals surface area contributed by atoms with Gasteiger partial charge in [0.1, 0.15) is 0 Å². The first kappa shape index (κ1) is 14.0. The van der Waals surface area contributed by atoms with Gasteiger partial charge in [0, 0.05) is 18.8 Å². The lowest BCUT2D eigenvalue weighted by Crippen LogP contribution is -2.23. The highest BCUT2D eigenvalue weighted by molar-refractivity contribution is 5.74. The van der Waals surface area contributed by atoms with Crippen LogP contribution in [0.4, 0.5) is 0 Å². The van der Waals surface area contributed by atoms with Gasteiger partial charge in [-0.05, 0) is 11.6 Å². The van der Waals surface area contributed by atoms with Crippen LogP contribution in [0.15, 0.2) is 48.8 Å². The van der Waals surface area contributed by atoms with E-state index in [2.05, 4.69) is 5.10 Å². The number of aromatic nitrogens is 2. The topological polar surface area (TPSA) is 44.1 Å². The van der Waals surface area contributed by atoms with Gasteiger partial charge in [0.2, 0.25) is 0 Å². The van der Waals surface area contributed by atoms with E-state index in [4.69, 9.17) is 4.74 Å². The number of nitrogens with zero attached hydrogens (tertiary/aromatic N) is 2. The number of methoxy groups -OCH3 is 1. The van der Waals surface area contributed by atoms with Gasteiger partial charge in [-0.15, -0.1) is 0 Å². The van der Waals surface area contributed by atoms with Gasteiger partial charge in [0.15, 0.2) is 6.04 Å². The average Bonchev–Trinajstić information content (AvgIpc) is 2.90. The molecule has 96 valence electrons. The maximum absolute atomic E-state index is 11.7. The van der Waals surface area contributed by atoms with Crippen molar-refractivity contribution >= 4 is 5.97 Å². The number of carbonyl (C=O) groups excluding carboxylic acids is 1. The minimum absolute atomic E-state index is 0. The Hall–Kier alpha value is -2.10. The molecule has 0 aliphatic rings. The van der Waals surface area contributed by atoms with Crippen molar-refractivity contribution in [1.82, 2.24) is 9.78 Å².